The molecule has 1 aromatic rings. The van der Waals surface area contributed by atoms with Crippen molar-refractivity contribution in [3.8, 4) is 0 Å². The summed E-state index contributed by atoms with van der Waals surface area (Å²) < 4.78 is 5.38. The molecule has 1 N–H and O–H groups in total. The first-order valence-corrected chi connectivity index (χ1v) is 8.56. The molecular formula is C18H24N2O4. The van der Waals surface area contributed by atoms with E-state index in [1.807, 2.05) is 30.3 Å². The molecule has 2 atom stereocenters. The average molecular weight is 332 g/mol. The molecule has 0 aliphatic carbocycles. The zero-order chi connectivity index (χ0) is 16.9. The first kappa shape index (κ1) is 16.8. The molecule has 2 aliphatic rings. The van der Waals surface area contributed by atoms with Crippen molar-refractivity contribution in [3.63, 3.8) is 0 Å². The van der Waals surface area contributed by atoms with Crippen LogP contribution in [0.4, 0.5) is 4.79 Å². The van der Waals surface area contributed by atoms with Crippen molar-refractivity contribution in [2.24, 2.45) is 5.92 Å². The van der Waals surface area contributed by atoms with E-state index in [4.69, 9.17) is 4.74 Å². The number of benzene rings is 1. The van der Waals surface area contributed by atoms with Gasteiger partial charge in [-0.3, -0.25) is 9.69 Å². The molecule has 0 aromatic heterocycles. The number of nitrogens with zero attached hydrogens (tertiary/aromatic N) is 2. The molecule has 0 radical (unpaired) electrons. The largest absolute Gasteiger partial charge is 0.481 e. The third kappa shape index (κ3) is 4.06. The summed E-state index contributed by atoms with van der Waals surface area (Å²) in [6.07, 6.45) is 2.48. The van der Waals surface area contributed by atoms with E-state index in [2.05, 4.69) is 4.90 Å². The summed E-state index contributed by atoms with van der Waals surface area (Å²) in [5.74, 6) is -1.35. The summed E-state index contributed by atoms with van der Waals surface area (Å²) in [6, 6.07) is 9.62. The summed E-state index contributed by atoms with van der Waals surface area (Å²) >= 11 is 0. The van der Waals surface area contributed by atoms with Gasteiger partial charge in [-0.25, -0.2) is 4.79 Å². The van der Waals surface area contributed by atoms with E-state index in [9.17, 15) is 14.7 Å². The van der Waals surface area contributed by atoms with Gasteiger partial charge in [0, 0.05) is 19.1 Å². The Morgan fingerprint density at radius 3 is 2.50 bits per heavy atom. The molecule has 0 spiro atoms. The molecule has 0 saturated carbocycles. The lowest BCUT2D eigenvalue weighted by Gasteiger charge is -2.39. The molecule has 6 nitrogen and oxygen atoms in total. The van der Waals surface area contributed by atoms with Crippen molar-refractivity contribution in [1.29, 1.82) is 0 Å². The number of aliphatic carboxylic acids is 1. The lowest BCUT2D eigenvalue weighted by Crippen LogP contribution is -2.53. The predicted octanol–water partition coefficient (Wildman–Crippen LogP) is 2.19. The van der Waals surface area contributed by atoms with Crippen LogP contribution in [0.25, 0.3) is 0 Å². The Morgan fingerprint density at radius 1 is 1.12 bits per heavy atom. The van der Waals surface area contributed by atoms with Gasteiger partial charge in [-0.2, -0.15) is 0 Å². The number of likely N-dealkylation sites (tertiary alicyclic amines) is 2. The Balaban J connectivity index is 1.61. The number of carboxylic acid groups (broad SMARTS) is 1. The number of carbonyl (C=O) groups excluding carboxylic acids is 1. The molecule has 2 aliphatic heterocycles. The molecule has 6 heteroatoms. The quantitative estimate of drug-likeness (QED) is 0.915. The molecule has 130 valence electrons. The second-order valence-corrected chi connectivity index (χ2v) is 6.61. The van der Waals surface area contributed by atoms with Gasteiger partial charge in [0.25, 0.3) is 0 Å². The first-order valence-electron chi connectivity index (χ1n) is 8.56. The zero-order valence-corrected chi connectivity index (χ0v) is 13.8. The second kappa shape index (κ2) is 7.66. The molecule has 0 bridgehead atoms. The van der Waals surface area contributed by atoms with Crippen molar-refractivity contribution in [3.05, 3.63) is 35.9 Å². The van der Waals surface area contributed by atoms with Gasteiger partial charge in [-0.05, 0) is 37.9 Å². The van der Waals surface area contributed by atoms with E-state index in [1.165, 1.54) is 0 Å². The Kier molecular flexibility index (Phi) is 5.35. The predicted molar refractivity (Wildman–Crippen MR) is 88.5 cm³/mol. The Morgan fingerprint density at radius 2 is 1.83 bits per heavy atom. The van der Waals surface area contributed by atoms with Crippen molar-refractivity contribution < 1.29 is 19.4 Å². The number of rotatable bonds is 4. The van der Waals surface area contributed by atoms with E-state index < -0.39 is 18.0 Å². The van der Waals surface area contributed by atoms with Crippen LogP contribution in [-0.4, -0.2) is 59.2 Å². The highest BCUT2D eigenvalue weighted by molar-refractivity contribution is 5.73. The number of carboxylic acids is 1. The number of piperidine rings is 1. The van der Waals surface area contributed by atoms with E-state index >= 15 is 0 Å². The van der Waals surface area contributed by atoms with Crippen LogP contribution in [0.1, 0.15) is 24.8 Å². The topological polar surface area (TPSA) is 70.1 Å². The number of carbonyl (C=O) groups is 2. The number of hydrogen-bond acceptors (Lipinski definition) is 4. The number of amides is 1. The number of hydrogen-bond donors (Lipinski definition) is 1. The highest BCUT2D eigenvalue weighted by Crippen LogP contribution is 2.25. The Hall–Kier alpha value is -2.08. The highest BCUT2D eigenvalue weighted by atomic mass is 16.6. The summed E-state index contributed by atoms with van der Waals surface area (Å²) in [5.41, 5.74) is 0.925. The van der Waals surface area contributed by atoms with Gasteiger partial charge in [-0.15, -0.1) is 0 Å². The van der Waals surface area contributed by atoms with Crippen molar-refractivity contribution in [2.45, 2.75) is 31.9 Å². The third-order valence-electron chi connectivity index (χ3n) is 4.90. The van der Waals surface area contributed by atoms with Crippen molar-refractivity contribution in [2.75, 3.05) is 26.2 Å². The SMILES string of the molecule is O=C(O)[C@H]1C[C@H](N2CCCC2)CN(C(=O)OCc2ccccc2)C1. The fourth-order valence-electron chi connectivity index (χ4n) is 3.58. The lowest BCUT2D eigenvalue weighted by atomic mass is 9.93. The normalized spacial score (nSPS) is 24.8. The van der Waals surface area contributed by atoms with E-state index in [0.29, 0.717) is 13.0 Å². The molecule has 24 heavy (non-hydrogen) atoms. The number of ether oxygens (including phenoxy) is 1. The highest BCUT2D eigenvalue weighted by Gasteiger charge is 2.37. The summed E-state index contributed by atoms with van der Waals surface area (Å²) in [4.78, 5) is 27.7. The van der Waals surface area contributed by atoms with Gasteiger partial charge in [0.2, 0.25) is 0 Å². The minimum atomic E-state index is -0.834. The standard InChI is InChI=1S/C18H24N2O4/c21-17(22)15-10-16(19-8-4-5-9-19)12-20(11-15)18(23)24-13-14-6-2-1-3-7-14/h1-3,6-7,15-16H,4-5,8-13H2,(H,21,22)/t15-,16-/m0/s1. The summed E-state index contributed by atoms with van der Waals surface area (Å²) in [5, 5.41) is 9.41. The molecular weight excluding hydrogens is 308 g/mol. The average Bonchev–Trinajstić information content (AvgIpc) is 3.15. The zero-order valence-electron chi connectivity index (χ0n) is 13.8. The fraction of sp³-hybridized carbons (Fsp3) is 0.556. The monoisotopic (exact) mass is 332 g/mol. The van der Waals surface area contributed by atoms with Gasteiger partial charge >= 0.3 is 12.1 Å². The van der Waals surface area contributed by atoms with Gasteiger partial charge in [-0.1, -0.05) is 30.3 Å². The van der Waals surface area contributed by atoms with E-state index in [1.54, 1.807) is 4.90 Å². The third-order valence-corrected chi connectivity index (χ3v) is 4.90. The maximum atomic E-state index is 12.4. The van der Waals surface area contributed by atoms with E-state index in [0.717, 1.165) is 31.5 Å². The molecule has 1 amide bonds. The molecule has 2 saturated heterocycles. The molecule has 0 unspecified atom stereocenters. The smallest absolute Gasteiger partial charge is 0.410 e. The Labute approximate surface area is 142 Å². The van der Waals surface area contributed by atoms with Crippen LogP contribution < -0.4 is 0 Å². The second-order valence-electron chi connectivity index (χ2n) is 6.61. The minimum Gasteiger partial charge on any atom is -0.481 e. The Bertz CT molecular complexity index is 572. The van der Waals surface area contributed by atoms with Crippen LogP contribution in [0.2, 0.25) is 0 Å². The first-order chi connectivity index (χ1) is 11.6. The molecule has 2 fully saturated rings. The summed E-state index contributed by atoms with van der Waals surface area (Å²) in [6.45, 7) is 2.97. The van der Waals surface area contributed by atoms with Crippen LogP contribution in [0.3, 0.4) is 0 Å². The van der Waals surface area contributed by atoms with Crippen LogP contribution in [0, 0.1) is 5.92 Å². The maximum absolute atomic E-state index is 12.4. The van der Waals surface area contributed by atoms with Crippen LogP contribution in [-0.2, 0) is 16.1 Å². The minimum absolute atomic E-state index is 0.117. The van der Waals surface area contributed by atoms with Crippen LogP contribution in [0.5, 0.6) is 0 Å². The van der Waals surface area contributed by atoms with Gasteiger partial charge < -0.3 is 14.7 Å². The van der Waals surface area contributed by atoms with Crippen LogP contribution >= 0.6 is 0 Å². The van der Waals surface area contributed by atoms with E-state index in [-0.39, 0.29) is 19.2 Å². The lowest BCUT2D eigenvalue weighted by molar-refractivity contribution is -0.144. The van der Waals surface area contributed by atoms with Crippen molar-refractivity contribution in [1.82, 2.24) is 9.80 Å². The van der Waals surface area contributed by atoms with Gasteiger partial charge in [0.05, 0.1) is 5.92 Å². The fourth-order valence-corrected chi connectivity index (χ4v) is 3.58. The molecule has 2 heterocycles. The van der Waals surface area contributed by atoms with Gasteiger partial charge in [0.1, 0.15) is 6.61 Å². The van der Waals surface area contributed by atoms with Gasteiger partial charge in [0.15, 0.2) is 0 Å². The van der Waals surface area contributed by atoms with Crippen LogP contribution in [0.15, 0.2) is 30.3 Å². The maximum Gasteiger partial charge on any atom is 0.410 e. The summed E-state index contributed by atoms with van der Waals surface area (Å²) in [7, 11) is 0. The molecule has 1 aromatic carbocycles. The van der Waals surface area contributed by atoms with Crippen molar-refractivity contribution >= 4 is 12.1 Å². The molecule has 3 rings (SSSR count).